The van der Waals surface area contributed by atoms with Gasteiger partial charge in [-0.3, -0.25) is 0 Å². The van der Waals surface area contributed by atoms with Gasteiger partial charge in [0.15, 0.2) is 10.8 Å². The van der Waals surface area contributed by atoms with Crippen molar-refractivity contribution in [2.24, 2.45) is 0 Å². The molecule has 154 valence electrons. The van der Waals surface area contributed by atoms with Crippen molar-refractivity contribution in [3.05, 3.63) is 54.2 Å². The van der Waals surface area contributed by atoms with Crippen LogP contribution in [-0.2, 0) is 0 Å². The Labute approximate surface area is 183 Å². The molecule has 9 heteroatoms. The predicted octanol–water partition coefficient (Wildman–Crippen LogP) is 4.45. The number of nitrogens with zero attached hydrogens (tertiary/aromatic N) is 5. The molecule has 30 heavy (non-hydrogen) atoms. The second-order valence-electron chi connectivity index (χ2n) is 7.50. The maximum absolute atomic E-state index is 4.68. The molecule has 0 spiro atoms. The van der Waals surface area contributed by atoms with Crippen molar-refractivity contribution in [2.75, 3.05) is 35.2 Å². The summed E-state index contributed by atoms with van der Waals surface area (Å²) >= 11 is 3.28. The van der Waals surface area contributed by atoms with E-state index < -0.39 is 0 Å². The minimum absolute atomic E-state index is 0.342. The first-order chi connectivity index (χ1) is 14.7. The lowest BCUT2D eigenvalue weighted by atomic mass is 10.0. The van der Waals surface area contributed by atoms with E-state index in [4.69, 9.17) is 0 Å². The summed E-state index contributed by atoms with van der Waals surface area (Å²) in [7, 11) is 0. The first kappa shape index (κ1) is 19.2. The summed E-state index contributed by atoms with van der Waals surface area (Å²) in [4.78, 5) is 11.3. The van der Waals surface area contributed by atoms with E-state index in [1.807, 2.05) is 12.1 Å². The van der Waals surface area contributed by atoms with Gasteiger partial charge in [0.2, 0.25) is 10.3 Å². The van der Waals surface area contributed by atoms with Gasteiger partial charge in [-0.05, 0) is 30.0 Å². The lowest BCUT2D eigenvalue weighted by Crippen LogP contribution is -2.25. The number of thiazole rings is 1. The van der Waals surface area contributed by atoms with Crippen LogP contribution in [0.1, 0.15) is 24.8 Å². The number of pyridine rings is 1. The summed E-state index contributed by atoms with van der Waals surface area (Å²) in [5.74, 6) is 0.415. The van der Waals surface area contributed by atoms with Crippen LogP contribution in [0.5, 0.6) is 0 Å². The average molecular weight is 438 g/mol. The van der Waals surface area contributed by atoms with Crippen molar-refractivity contribution in [3.8, 4) is 0 Å². The van der Waals surface area contributed by atoms with E-state index in [1.54, 1.807) is 28.9 Å². The molecule has 7 nitrogen and oxygen atoms in total. The Hall–Kier alpha value is -2.78. The van der Waals surface area contributed by atoms with Gasteiger partial charge in [-0.1, -0.05) is 59.9 Å². The lowest BCUT2D eigenvalue weighted by Gasteiger charge is -2.15. The van der Waals surface area contributed by atoms with E-state index in [-0.39, 0.29) is 0 Å². The van der Waals surface area contributed by atoms with Crippen LogP contribution in [0.25, 0.3) is 10.3 Å². The lowest BCUT2D eigenvalue weighted by molar-refractivity contribution is 0.797. The maximum Gasteiger partial charge on any atom is 0.207 e. The van der Waals surface area contributed by atoms with E-state index in [1.165, 1.54) is 5.56 Å². The molecule has 4 heterocycles. The van der Waals surface area contributed by atoms with E-state index >= 15 is 0 Å². The predicted molar refractivity (Wildman–Crippen MR) is 125 cm³/mol. The number of benzene rings is 1. The minimum atomic E-state index is 0.342. The van der Waals surface area contributed by atoms with Gasteiger partial charge in [-0.15, -0.1) is 10.2 Å². The molecule has 1 aromatic carbocycles. The smallest absolute Gasteiger partial charge is 0.207 e. The Morgan fingerprint density at radius 1 is 1.10 bits per heavy atom. The number of nitrogens with one attached hydrogen (secondary N) is 2. The summed E-state index contributed by atoms with van der Waals surface area (Å²) in [6.45, 7) is 4.94. The maximum atomic E-state index is 4.68. The number of anilines is 3. The molecule has 0 saturated carbocycles. The van der Waals surface area contributed by atoms with Gasteiger partial charge in [-0.2, -0.15) is 4.98 Å². The van der Waals surface area contributed by atoms with Gasteiger partial charge in [-0.25, -0.2) is 4.98 Å². The Morgan fingerprint density at radius 2 is 1.97 bits per heavy atom. The number of hydrogen-bond acceptors (Lipinski definition) is 9. The van der Waals surface area contributed by atoms with E-state index in [2.05, 4.69) is 73.0 Å². The molecule has 1 aliphatic rings. The molecule has 0 aliphatic carbocycles. The minimum Gasteiger partial charge on any atom is -0.359 e. The number of hydrogen-bond donors (Lipinski definition) is 2. The van der Waals surface area contributed by atoms with E-state index in [0.717, 1.165) is 51.8 Å². The third-order valence-corrected chi connectivity index (χ3v) is 7.18. The summed E-state index contributed by atoms with van der Waals surface area (Å²) in [6, 6.07) is 14.9. The molecule has 1 aliphatic heterocycles. The number of aromatic nitrogens is 4. The molecule has 5 rings (SSSR count). The molecule has 0 bridgehead atoms. The molecule has 2 N–H and O–H groups in total. The average Bonchev–Trinajstić information content (AvgIpc) is 3.52. The Bertz CT molecular complexity index is 1080. The van der Waals surface area contributed by atoms with Crippen LogP contribution < -0.4 is 15.5 Å². The fraction of sp³-hybridized carbons (Fsp3) is 0.333. The van der Waals surface area contributed by atoms with Crippen LogP contribution in [0.15, 0.2) is 48.7 Å². The van der Waals surface area contributed by atoms with Crippen molar-refractivity contribution >= 4 is 48.4 Å². The monoisotopic (exact) mass is 437 g/mol. The van der Waals surface area contributed by atoms with Crippen LogP contribution in [0.4, 0.5) is 15.4 Å². The summed E-state index contributed by atoms with van der Waals surface area (Å²) < 4.78 is 1.13. The second kappa shape index (κ2) is 8.53. The number of fused-ring (bicyclic) bond motifs is 1. The Morgan fingerprint density at radius 3 is 2.83 bits per heavy atom. The topological polar surface area (TPSA) is 78.9 Å². The van der Waals surface area contributed by atoms with Crippen LogP contribution >= 0.6 is 22.7 Å². The molecule has 1 unspecified atom stereocenters. The van der Waals surface area contributed by atoms with Crippen LogP contribution in [0, 0.1) is 0 Å². The highest BCUT2D eigenvalue weighted by Crippen LogP contribution is 2.31. The molecular weight excluding hydrogens is 414 g/mol. The molecule has 3 aromatic heterocycles. The third kappa shape index (κ3) is 4.22. The number of rotatable bonds is 7. The van der Waals surface area contributed by atoms with Gasteiger partial charge in [0.25, 0.3) is 0 Å². The third-order valence-electron chi connectivity index (χ3n) is 5.29. The summed E-state index contributed by atoms with van der Waals surface area (Å²) in [5.41, 5.74) is 2.16. The van der Waals surface area contributed by atoms with Crippen molar-refractivity contribution < 1.29 is 0 Å². The van der Waals surface area contributed by atoms with Gasteiger partial charge in [0.05, 0.1) is 4.70 Å². The molecule has 1 fully saturated rings. The van der Waals surface area contributed by atoms with E-state index in [0.29, 0.717) is 12.0 Å². The van der Waals surface area contributed by atoms with Gasteiger partial charge >= 0.3 is 0 Å². The summed E-state index contributed by atoms with van der Waals surface area (Å²) in [6.07, 6.45) is 2.85. The van der Waals surface area contributed by atoms with Crippen LogP contribution in [0.3, 0.4) is 0 Å². The largest absolute Gasteiger partial charge is 0.359 e. The molecule has 1 saturated heterocycles. The standard InChI is InChI=1S/C21H23N7S2/c1-14(15-6-3-2-4-7-15)12-23-19-26-27-20(30-19)24-16-9-11-28(13-16)21-25-18-17(29-21)8-5-10-22-18/h2-8,10,14,16H,9,11-13H2,1H3,(H,23,26)(H,24,27)/t14?,16-/m1/s1. The summed E-state index contributed by atoms with van der Waals surface area (Å²) in [5, 5.41) is 18.3. The van der Waals surface area contributed by atoms with Crippen molar-refractivity contribution in [2.45, 2.75) is 25.3 Å². The fourth-order valence-electron chi connectivity index (χ4n) is 3.61. The van der Waals surface area contributed by atoms with Crippen LogP contribution in [0.2, 0.25) is 0 Å². The zero-order chi connectivity index (χ0) is 20.3. The first-order valence-corrected chi connectivity index (χ1v) is 11.7. The molecule has 4 aromatic rings. The van der Waals surface area contributed by atoms with Crippen molar-refractivity contribution in [3.63, 3.8) is 0 Å². The highest BCUT2D eigenvalue weighted by molar-refractivity contribution is 7.22. The molecule has 0 radical (unpaired) electrons. The zero-order valence-corrected chi connectivity index (χ0v) is 18.3. The molecule has 2 atom stereocenters. The van der Waals surface area contributed by atoms with Crippen molar-refractivity contribution in [1.82, 2.24) is 20.2 Å². The Kier molecular flexibility index (Phi) is 5.46. The molecule has 0 amide bonds. The normalized spacial score (nSPS) is 17.4. The second-order valence-corrected chi connectivity index (χ2v) is 9.49. The highest BCUT2D eigenvalue weighted by Gasteiger charge is 2.26. The van der Waals surface area contributed by atoms with E-state index in [9.17, 15) is 0 Å². The first-order valence-electron chi connectivity index (χ1n) is 10.1. The van der Waals surface area contributed by atoms with Gasteiger partial charge in [0.1, 0.15) is 0 Å². The fourth-order valence-corrected chi connectivity index (χ4v) is 5.30. The van der Waals surface area contributed by atoms with Crippen LogP contribution in [-0.4, -0.2) is 45.8 Å². The SMILES string of the molecule is CC(CNc1nnc(N[C@@H]2CCN(c3nc4ncccc4s3)C2)s1)c1ccccc1. The van der Waals surface area contributed by atoms with Gasteiger partial charge < -0.3 is 15.5 Å². The quantitative estimate of drug-likeness (QED) is 0.442. The highest BCUT2D eigenvalue weighted by atomic mass is 32.1. The van der Waals surface area contributed by atoms with Crippen molar-refractivity contribution in [1.29, 1.82) is 0 Å². The Balaban J connectivity index is 1.15. The van der Waals surface area contributed by atoms with Gasteiger partial charge in [0, 0.05) is 31.9 Å². The zero-order valence-electron chi connectivity index (χ0n) is 16.7. The molecular formula is C21H23N7S2.